The summed E-state index contributed by atoms with van der Waals surface area (Å²) < 4.78 is 2.30. The lowest BCUT2D eigenvalue weighted by atomic mass is 10.0. The van der Waals surface area contributed by atoms with E-state index < -0.39 is 5.79 Å². The summed E-state index contributed by atoms with van der Waals surface area (Å²) in [5.41, 5.74) is 11.4. The van der Waals surface area contributed by atoms with Crippen LogP contribution in [0.5, 0.6) is 0 Å². The zero-order chi connectivity index (χ0) is 46.7. The normalized spacial score (nSPS) is 13.3. The minimum Gasteiger partial charge on any atom is -0.275 e. The van der Waals surface area contributed by atoms with E-state index in [0.717, 1.165) is 73.1 Å². The fourth-order valence-electron chi connectivity index (χ4n) is 8.88. The number of aromatic nitrogens is 2. The Morgan fingerprint density at radius 3 is 1.30 bits per heavy atom. The molecule has 8 heteroatoms. The third-order valence-corrected chi connectivity index (χ3v) is 16.5. The van der Waals surface area contributed by atoms with Crippen LogP contribution in [-0.2, 0) is 5.79 Å². The van der Waals surface area contributed by atoms with Crippen molar-refractivity contribution >= 4 is 81.1 Å². The molecule has 0 spiro atoms. The van der Waals surface area contributed by atoms with Gasteiger partial charge in [0.15, 0.2) is 0 Å². The summed E-state index contributed by atoms with van der Waals surface area (Å²) >= 11 is 7.15. The van der Waals surface area contributed by atoms with Crippen molar-refractivity contribution in [2.75, 3.05) is 0 Å². The van der Waals surface area contributed by atoms with Crippen molar-refractivity contribution in [3.8, 4) is 53.4 Å². The van der Waals surface area contributed by atoms with Crippen molar-refractivity contribution in [2.24, 2.45) is 9.98 Å². The molecule has 12 rings (SSSR count). The number of imidazole rings is 1. The number of rotatable bonds is 13. The molecule has 6 aromatic carbocycles. The Bertz CT molecular complexity index is 3600. The van der Waals surface area contributed by atoms with Gasteiger partial charge < -0.3 is 0 Å². The Balaban J connectivity index is 1.05. The molecule has 5 aromatic heterocycles. The van der Waals surface area contributed by atoms with Crippen molar-refractivity contribution in [3.05, 3.63) is 267 Å². The first-order valence-electron chi connectivity index (χ1n) is 23.0. The molecule has 1 aliphatic rings. The van der Waals surface area contributed by atoms with Crippen LogP contribution < -0.4 is 0 Å². The predicted octanol–water partition coefficient (Wildman–Crippen LogP) is 17.5. The average Bonchev–Trinajstić information content (AvgIpc) is 4.30. The largest absolute Gasteiger partial charge is 0.275 e. The summed E-state index contributed by atoms with van der Waals surface area (Å²) in [5.74, 6) is -0.579. The topological polar surface area (TPSA) is 42.5 Å². The Labute approximate surface area is 423 Å². The number of benzene rings is 6. The van der Waals surface area contributed by atoms with Gasteiger partial charge in [0.25, 0.3) is 5.79 Å². The highest BCUT2D eigenvalue weighted by Gasteiger charge is 2.45. The van der Waals surface area contributed by atoms with Crippen molar-refractivity contribution in [1.29, 1.82) is 0 Å². The van der Waals surface area contributed by atoms with Gasteiger partial charge in [-0.25, -0.2) is 15.0 Å². The monoisotopic (exact) mass is 970 g/mol. The fraction of sp³-hybridized carbons (Fsp3) is 0.0161. The first-order chi connectivity index (χ1) is 34.6. The first-order valence-corrected chi connectivity index (χ1v) is 26.4. The van der Waals surface area contributed by atoms with Crippen molar-refractivity contribution < 1.29 is 0 Å². The summed E-state index contributed by atoms with van der Waals surface area (Å²) in [7, 11) is 0. The second-order valence-corrected chi connectivity index (χ2v) is 20.9. The molecular weight excluding hydrogens is 929 g/mol. The number of aliphatic imine (C=N–C) groups is 2. The molecule has 0 radical (unpaired) electrons. The van der Waals surface area contributed by atoms with Gasteiger partial charge in [-0.1, -0.05) is 194 Å². The first kappa shape index (κ1) is 43.4. The lowest BCUT2D eigenvalue weighted by Gasteiger charge is -2.30. The Morgan fingerprint density at radius 2 is 0.829 bits per heavy atom. The van der Waals surface area contributed by atoms with E-state index in [1.54, 1.807) is 45.3 Å². The molecule has 334 valence electrons. The van der Waals surface area contributed by atoms with E-state index >= 15 is 0 Å². The molecule has 70 heavy (non-hydrogen) atoms. The number of hydrogen-bond donors (Lipinski definition) is 0. The van der Waals surface area contributed by atoms with Crippen LogP contribution in [0.15, 0.2) is 239 Å². The SMILES string of the molecule is C(=C/c1ccc(-c2cccs2)s1)/c1ccc(-c2nc(-c3ccccc3)c(-c3ccccc3)n2C2(c3ccc(/C=C/c4ccc(-c5cccs5)s4)cc3)N=C(c3ccccc3)C(c3ccccc3)=N2)cc1. The smallest absolute Gasteiger partial charge is 0.261 e. The van der Waals surface area contributed by atoms with Crippen LogP contribution in [-0.4, -0.2) is 21.0 Å². The van der Waals surface area contributed by atoms with Crippen LogP contribution in [0.1, 0.15) is 37.6 Å². The van der Waals surface area contributed by atoms with Crippen LogP contribution in [0, 0.1) is 0 Å². The number of thiophene rings is 4. The summed E-state index contributed by atoms with van der Waals surface area (Å²) in [6.07, 6.45) is 8.78. The second-order valence-electron chi connectivity index (χ2n) is 16.8. The lowest BCUT2D eigenvalue weighted by molar-refractivity contribution is 0.409. The summed E-state index contributed by atoms with van der Waals surface area (Å²) in [6.45, 7) is 0. The van der Waals surface area contributed by atoms with Gasteiger partial charge in [0, 0.05) is 62.6 Å². The van der Waals surface area contributed by atoms with Gasteiger partial charge in [-0.2, -0.15) is 0 Å². The average molecular weight is 971 g/mol. The van der Waals surface area contributed by atoms with Gasteiger partial charge in [-0.15, -0.1) is 45.3 Å². The van der Waals surface area contributed by atoms with E-state index in [2.05, 4.69) is 246 Å². The summed E-state index contributed by atoms with van der Waals surface area (Å²) in [6, 6.07) is 76.8. The molecule has 4 nitrogen and oxygen atoms in total. The maximum atomic E-state index is 5.93. The molecule has 0 amide bonds. The standard InChI is InChI=1S/C62H42N4S4/c1-5-15-45(16-6-1)57-58(46-17-7-2-8-18-46)65-62(64-57,50-33-27-44(28-34-50)30-36-52-38-40-56(70-52)54-24-14-42-68-54)66-60(48-21-11-4-12-22-48)59(47-19-9-3-10-20-47)63-61(66)49-31-25-43(26-32-49)29-35-51-37-39-55(69-51)53-23-13-41-67-53/h1-42H/b35-29-,36-30+. The highest BCUT2D eigenvalue weighted by Crippen LogP contribution is 2.47. The molecule has 0 aliphatic carbocycles. The van der Waals surface area contributed by atoms with Gasteiger partial charge in [0.1, 0.15) is 5.82 Å². The Morgan fingerprint density at radius 1 is 0.371 bits per heavy atom. The molecule has 0 N–H and O–H groups in total. The lowest BCUT2D eigenvalue weighted by Crippen LogP contribution is -2.31. The summed E-state index contributed by atoms with van der Waals surface area (Å²) in [5, 5.41) is 4.26. The molecule has 0 saturated carbocycles. The Hall–Kier alpha value is -7.85. The highest BCUT2D eigenvalue weighted by molar-refractivity contribution is 7.22. The molecular formula is C62H42N4S4. The van der Waals surface area contributed by atoms with E-state index in [4.69, 9.17) is 15.0 Å². The van der Waals surface area contributed by atoms with E-state index in [1.165, 1.54) is 29.3 Å². The fourth-order valence-corrected chi connectivity index (χ4v) is 12.4. The van der Waals surface area contributed by atoms with Gasteiger partial charge >= 0.3 is 0 Å². The number of hydrogen-bond acceptors (Lipinski definition) is 7. The van der Waals surface area contributed by atoms with Gasteiger partial charge in [0.2, 0.25) is 0 Å². The van der Waals surface area contributed by atoms with Gasteiger partial charge in [-0.3, -0.25) is 4.57 Å². The van der Waals surface area contributed by atoms with E-state index in [1.807, 2.05) is 12.1 Å². The third kappa shape index (κ3) is 8.63. The maximum Gasteiger partial charge on any atom is 0.261 e. The predicted molar refractivity (Wildman–Crippen MR) is 301 cm³/mol. The van der Waals surface area contributed by atoms with E-state index in [9.17, 15) is 0 Å². The van der Waals surface area contributed by atoms with Crippen molar-refractivity contribution in [2.45, 2.75) is 5.79 Å². The van der Waals surface area contributed by atoms with Crippen LogP contribution in [0.25, 0.3) is 77.7 Å². The highest BCUT2D eigenvalue weighted by atomic mass is 32.1. The van der Waals surface area contributed by atoms with Crippen molar-refractivity contribution in [3.63, 3.8) is 0 Å². The third-order valence-electron chi connectivity index (χ3n) is 12.3. The molecule has 0 atom stereocenters. The molecule has 0 bridgehead atoms. The van der Waals surface area contributed by atoms with Crippen LogP contribution in [0.2, 0.25) is 0 Å². The van der Waals surface area contributed by atoms with Crippen LogP contribution in [0.3, 0.4) is 0 Å². The van der Waals surface area contributed by atoms with Gasteiger partial charge in [0.05, 0.1) is 22.8 Å². The zero-order valence-electron chi connectivity index (χ0n) is 37.7. The molecule has 1 aliphatic heterocycles. The van der Waals surface area contributed by atoms with Crippen molar-refractivity contribution in [1.82, 2.24) is 9.55 Å². The minimum atomic E-state index is -1.33. The molecule has 0 unspecified atom stereocenters. The van der Waals surface area contributed by atoms with E-state index in [0.29, 0.717) is 0 Å². The molecule has 0 fully saturated rings. The Kier molecular flexibility index (Phi) is 12.0. The quantitative estimate of drug-likeness (QED) is 0.114. The summed E-state index contributed by atoms with van der Waals surface area (Å²) in [4.78, 5) is 25.1. The van der Waals surface area contributed by atoms with E-state index in [-0.39, 0.29) is 0 Å². The molecule has 0 saturated heterocycles. The zero-order valence-corrected chi connectivity index (χ0v) is 40.9. The molecule has 11 aromatic rings. The minimum absolute atomic E-state index is 0.754. The van der Waals surface area contributed by atoms with Crippen LogP contribution in [0.4, 0.5) is 0 Å². The van der Waals surface area contributed by atoms with Crippen LogP contribution >= 0.6 is 45.3 Å². The number of nitrogens with zero attached hydrogens (tertiary/aromatic N) is 4. The molecule has 6 heterocycles. The maximum absolute atomic E-state index is 5.93. The second kappa shape index (κ2) is 19.3. The van der Waals surface area contributed by atoms with Gasteiger partial charge in [-0.05, 0) is 70.4 Å².